The van der Waals surface area contributed by atoms with Crippen LogP contribution in [0.1, 0.15) is 10.5 Å². The van der Waals surface area contributed by atoms with Crippen LogP contribution in [0.5, 0.6) is 5.75 Å². The minimum atomic E-state index is -0.327. The zero-order valence-corrected chi connectivity index (χ0v) is 16.8. The highest BCUT2D eigenvalue weighted by molar-refractivity contribution is 7.13. The Labute approximate surface area is 173 Å². The van der Waals surface area contributed by atoms with E-state index < -0.39 is 0 Å². The van der Waals surface area contributed by atoms with Gasteiger partial charge in [-0.2, -0.15) is 0 Å². The summed E-state index contributed by atoms with van der Waals surface area (Å²) in [6.45, 7) is 4.34. The van der Waals surface area contributed by atoms with Crippen molar-refractivity contribution in [3.63, 3.8) is 0 Å². The second-order valence-electron chi connectivity index (χ2n) is 6.81. The lowest BCUT2D eigenvalue weighted by atomic mass is 10.2. The third-order valence-corrected chi connectivity index (χ3v) is 5.78. The number of ether oxygens (including phenoxy) is 1. The first-order chi connectivity index (χ1) is 14.2. The monoisotopic (exact) mass is 411 g/mol. The average molecular weight is 412 g/mol. The Morgan fingerprint density at radius 1 is 1.03 bits per heavy atom. The Kier molecular flexibility index (Phi) is 6.17. The third-order valence-electron chi connectivity index (χ3n) is 4.91. The van der Waals surface area contributed by atoms with Crippen molar-refractivity contribution >= 4 is 17.2 Å². The summed E-state index contributed by atoms with van der Waals surface area (Å²) in [5.74, 6) is 0.451. The van der Waals surface area contributed by atoms with Crippen LogP contribution in [0.3, 0.4) is 0 Å². The number of para-hydroxylation sites is 1. The van der Waals surface area contributed by atoms with Crippen molar-refractivity contribution in [1.29, 1.82) is 0 Å². The van der Waals surface area contributed by atoms with Crippen LogP contribution >= 0.6 is 11.3 Å². The van der Waals surface area contributed by atoms with Gasteiger partial charge in [0.15, 0.2) is 0 Å². The van der Waals surface area contributed by atoms with Gasteiger partial charge >= 0.3 is 0 Å². The lowest BCUT2D eigenvalue weighted by molar-refractivity contribution is 0.0615. The maximum absolute atomic E-state index is 13.9. The normalized spacial score (nSPS) is 14.7. The van der Waals surface area contributed by atoms with Crippen molar-refractivity contribution in [3.05, 3.63) is 71.5 Å². The lowest BCUT2D eigenvalue weighted by Gasteiger charge is -2.34. The zero-order chi connectivity index (χ0) is 20.1. The molecule has 0 atom stereocenters. The van der Waals surface area contributed by atoms with E-state index in [0.717, 1.165) is 25.4 Å². The molecule has 4 rings (SSSR count). The predicted molar refractivity (Wildman–Crippen MR) is 112 cm³/mol. The first-order valence-corrected chi connectivity index (χ1v) is 10.5. The highest BCUT2D eigenvalue weighted by atomic mass is 32.1. The Morgan fingerprint density at radius 3 is 2.52 bits per heavy atom. The number of thiazole rings is 1. The minimum absolute atomic E-state index is 0.0935. The van der Waals surface area contributed by atoms with Gasteiger partial charge in [0.1, 0.15) is 28.9 Å². The average Bonchev–Trinajstić information content (AvgIpc) is 3.25. The SMILES string of the molecule is O=C(c1csc(-c2ccccc2F)n1)N1CCN(CCOc2ccccc2)CC1. The molecule has 0 N–H and O–H groups in total. The van der Waals surface area contributed by atoms with E-state index in [0.29, 0.717) is 36.0 Å². The van der Waals surface area contributed by atoms with Crippen molar-refractivity contribution in [2.45, 2.75) is 0 Å². The van der Waals surface area contributed by atoms with Gasteiger partial charge in [0.25, 0.3) is 5.91 Å². The molecule has 3 aromatic rings. The molecule has 5 nitrogen and oxygen atoms in total. The number of aromatic nitrogens is 1. The van der Waals surface area contributed by atoms with Crippen LogP contribution in [0.15, 0.2) is 60.0 Å². The van der Waals surface area contributed by atoms with E-state index in [-0.39, 0.29) is 11.7 Å². The van der Waals surface area contributed by atoms with Crippen molar-refractivity contribution in [3.8, 4) is 16.3 Å². The Balaban J connectivity index is 1.28. The van der Waals surface area contributed by atoms with Crippen LogP contribution < -0.4 is 4.74 Å². The molecule has 0 bridgehead atoms. The molecular weight excluding hydrogens is 389 g/mol. The second-order valence-corrected chi connectivity index (χ2v) is 7.67. The van der Waals surface area contributed by atoms with Gasteiger partial charge in [-0.05, 0) is 24.3 Å². The van der Waals surface area contributed by atoms with Crippen molar-refractivity contribution in [2.75, 3.05) is 39.3 Å². The summed E-state index contributed by atoms with van der Waals surface area (Å²) < 4.78 is 19.7. The van der Waals surface area contributed by atoms with Gasteiger partial charge in [-0.3, -0.25) is 9.69 Å². The van der Waals surface area contributed by atoms with Crippen molar-refractivity contribution in [1.82, 2.24) is 14.8 Å². The summed E-state index contributed by atoms with van der Waals surface area (Å²) in [5.41, 5.74) is 0.814. The fraction of sp³-hybridized carbons (Fsp3) is 0.273. The summed E-state index contributed by atoms with van der Waals surface area (Å²) in [6, 6.07) is 16.2. The molecule has 7 heteroatoms. The molecule has 1 fully saturated rings. The minimum Gasteiger partial charge on any atom is -0.492 e. The number of carbonyl (C=O) groups excluding carboxylic acids is 1. The molecule has 0 saturated carbocycles. The summed E-state index contributed by atoms with van der Waals surface area (Å²) in [7, 11) is 0. The van der Waals surface area contributed by atoms with E-state index in [4.69, 9.17) is 4.74 Å². The zero-order valence-electron chi connectivity index (χ0n) is 16.0. The molecule has 0 aliphatic carbocycles. The number of piperazine rings is 1. The van der Waals surface area contributed by atoms with Crippen molar-refractivity contribution in [2.24, 2.45) is 0 Å². The van der Waals surface area contributed by atoms with Crippen LogP contribution in [0.4, 0.5) is 4.39 Å². The van der Waals surface area contributed by atoms with Gasteiger partial charge < -0.3 is 9.64 Å². The molecule has 150 valence electrons. The van der Waals surface area contributed by atoms with Gasteiger partial charge in [0.2, 0.25) is 0 Å². The van der Waals surface area contributed by atoms with Crippen LogP contribution in [-0.2, 0) is 0 Å². The topological polar surface area (TPSA) is 45.7 Å². The summed E-state index contributed by atoms with van der Waals surface area (Å²) in [6.07, 6.45) is 0. The molecule has 1 aromatic heterocycles. The molecule has 1 amide bonds. The Morgan fingerprint density at radius 2 is 1.76 bits per heavy atom. The smallest absolute Gasteiger partial charge is 0.273 e. The van der Waals surface area contributed by atoms with Crippen LogP contribution in [-0.4, -0.2) is 60.0 Å². The maximum atomic E-state index is 13.9. The number of hydrogen-bond donors (Lipinski definition) is 0. The third kappa shape index (κ3) is 4.81. The first-order valence-electron chi connectivity index (χ1n) is 9.60. The fourth-order valence-electron chi connectivity index (χ4n) is 3.28. The Hall–Kier alpha value is -2.77. The number of carbonyl (C=O) groups is 1. The molecule has 2 heterocycles. The number of benzene rings is 2. The molecule has 29 heavy (non-hydrogen) atoms. The Bertz CT molecular complexity index is 955. The van der Waals surface area contributed by atoms with Gasteiger partial charge in [0.05, 0.1) is 0 Å². The van der Waals surface area contributed by atoms with Gasteiger partial charge in [-0.1, -0.05) is 30.3 Å². The highest BCUT2D eigenvalue weighted by Crippen LogP contribution is 2.26. The summed E-state index contributed by atoms with van der Waals surface area (Å²) in [4.78, 5) is 21.2. The van der Waals surface area contributed by atoms with Crippen LogP contribution in [0.2, 0.25) is 0 Å². The van der Waals surface area contributed by atoms with Crippen LogP contribution in [0.25, 0.3) is 10.6 Å². The lowest BCUT2D eigenvalue weighted by Crippen LogP contribution is -2.49. The fourth-order valence-corrected chi connectivity index (χ4v) is 4.10. The van der Waals surface area contributed by atoms with Crippen molar-refractivity contribution < 1.29 is 13.9 Å². The summed E-state index contributed by atoms with van der Waals surface area (Å²) in [5, 5.41) is 2.24. The molecule has 0 radical (unpaired) electrons. The molecule has 0 unspecified atom stereocenters. The standard InChI is InChI=1S/C22H22FN3O2S/c23-19-9-5-4-8-18(19)21-24-20(16-29-21)22(27)26-12-10-25(11-13-26)14-15-28-17-6-2-1-3-7-17/h1-9,16H,10-15H2. The van der Waals surface area contributed by atoms with Gasteiger partial charge in [-0.25, -0.2) is 9.37 Å². The molecule has 1 aliphatic rings. The summed E-state index contributed by atoms with van der Waals surface area (Å²) >= 11 is 1.29. The number of nitrogens with zero attached hydrogens (tertiary/aromatic N) is 3. The quantitative estimate of drug-likeness (QED) is 0.619. The van der Waals surface area contributed by atoms with E-state index in [1.54, 1.807) is 23.6 Å². The van der Waals surface area contributed by atoms with E-state index in [9.17, 15) is 9.18 Å². The number of halogens is 1. The first kappa shape index (κ1) is 19.5. The molecule has 2 aromatic carbocycles. The van der Waals surface area contributed by atoms with E-state index in [1.165, 1.54) is 17.4 Å². The van der Waals surface area contributed by atoms with Gasteiger partial charge in [0, 0.05) is 43.7 Å². The maximum Gasteiger partial charge on any atom is 0.273 e. The van der Waals surface area contributed by atoms with Crippen LogP contribution in [0, 0.1) is 5.82 Å². The molecular formula is C22H22FN3O2S. The number of rotatable bonds is 6. The van der Waals surface area contributed by atoms with E-state index in [2.05, 4.69) is 9.88 Å². The van der Waals surface area contributed by atoms with Gasteiger partial charge in [-0.15, -0.1) is 11.3 Å². The molecule has 0 spiro atoms. The molecule has 1 aliphatic heterocycles. The predicted octanol–water partition coefficient (Wildman–Crippen LogP) is 3.79. The largest absolute Gasteiger partial charge is 0.492 e. The molecule has 1 saturated heterocycles. The number of hydrogen-bond acceptors (Lipinski definition) is 5. The number of amides is 1. The highest BCUT2D eigenvalue weighted by Gasteiger charge is 2.24. The van der Waals surface area contributed by atoms with E-state index >= 15 is 0 Å². The second kappa shape index (κ2) is 9.15. The van der Waals surface area contributed by atoms with E-state index in [1.807, 2.05) is 35.2 Å².